The summed E-state index contributed by atoms with van der Waals surface area (Å²) in [5.41, 5.74) is 4.65. The van der Waals surface area contributed by atoms with Gasteiger partial charge in [-0.15, -0.1) is 0 Å². The van der Waals surface area contributed by atoms with E-state index in [0.717, 1.165) is 11.8 Å². The highest BCUT2D eigenvalue weighted by Crippen LogP contribution is 2.37. The maximum absolute atomic E-state index is 3.68. The molecule has 3 atom stereocenters. The molecule has 0 saturated heterocycles. The van der Waals surface area contributed by atoms with Crippen LogP contribution in [0.15, 0.2) is 18.2 Å². The molecule has 2 aliphatic carbocycles. The Balaban J connectivity index is 1.62. The number of hydrogen-bond donors (Lipinski definition) is 1. The average Bonchev–Trinajstić information content (AvgIpc) is 2.86. The summed E-state index contributed by atoms with van der Waals surface area (Å²) in [5, 5.41) is 3.68. The van der Waals surface area contributed by atoms with Gasteiger partial charge in [0.25, 0.3) is 0 Å². The van der Waals surface area contributed by atoms with Gasteiger partial charge >= 0.3 is 0 Å². The van der Waals surface area contributed by atoms with Crippen LogP contribution in [-0.4, -0.2) is 6.54 Å². The quantitative estimate of drug-likeness (QED) is 0.833. The van der Waals surface area contributed by atoms with Crippen LogP contribution in [0.25, 0.3) is 0 Å². The first kappa shape index (κ1) is 11.3. The summed E-state index contributed by atoms with van der Waals surface area (Å²) in [6, 6.07) is 7.60. The lowest BCUT2D eigenvalue weighted by Crippen LogP contribution is -2.21. The van der Waals surface area contributed by atoms with E-state index in [2.05, 4.69) is 37.4 Å². The molecule has 1 fully saturated rings. The molecule has 17 heavy (non-hydrogen) atoms. The average molecular weight is 229 g/mol. The summed E-state index contributed by atoms with van der Waals surface area (Å²) in [4.78, 5) is 0. The lowest BCUT2D eigenvalue weighted by atomic mass is 10.0. The van der Waals surface area contributed by atoms with Gasteiger partial charge in [-0.1, -0.05) is 25.1 Å². The van der Waals surface area contributed by atoms with E-state index in [1.54, 1.807) is 11.1 Å². The van der Waals surface area contributed by atoms with E-state index in [9.17, 15) is 0 Å². The van der Waals surface area contributed by atoms with Crippen molar-refractivity contribution in [1.82, 2.24) is 5.32 Å². The van der Waals surface area contributed by atoms with Gasteiger partial charge in [0, 0.05) is 6.04 Å². The lowest BCUT2D eigenvalue weighted by molar-refractivity contribution is 0.535. The molecule has 0 spiro atoms. The Morgan fingerprint density at radius 3 is 2.82 bits per heavy atom. The van der Waals surface area contributed by atoms with Crippen LogP contribution >= 0.6 is 0 Å². The zero-order valence-electron chi connectivity index (χ0n) is 11.0. The Hall–Kier alpha value is -0.820. The van der Waals surface area contributed by atoms with Crippen molar-refractivity contribution in [3.63, 3.8) is 0 Å². The van der Waals surface area contributed by atoms with Gasteiger partial charge in [0.15, 0.2) is 0 Å². The highest BCUT2D eigenvalue weighted by molar-refractivity contribution is 5.36. The first-order chi connectivity index (χ1) is 8.24. The zero-order chi connectivity index (χ0) is 11.8. The number of nitrogens with one attached hydrogen (secondary N) is 1. The van der Waals surface area contributed by atoms with Gasteiger partial charge in [-0.25, -0.2) is 0 Å². The van der Waals surface area contributed by atoms with Crippen molar-refractivity contribution >= 4 is 0 Å². The smallest absolute Gasteiger partial charge is 0.0292 e. The summed E-state index contributed by atoms with van der Waals surface area (Å²) < 4.78 is 0. The third-order valence-corrected chi connectivity index (χ3v) is 4.58. The van der Waals surface area contributed by atoms with Gasteiger partial charge in [0.05, 0.1) is 0 Å². The van der Waals surface area contributed by atoms with E-state index in [1.807, 2.05) is 0 Å². The third kappa shape index (κ3) is 2.40. The van der Waals surface area contributed by atoms with Crippen LogP contribution in [-0.2, 0) is 12.8 Å². The highest BCUT2D eigenvalue weighted by Gasteiger charge is 2.32. The van der Waals surface area contributed by atoms with E-state index in [-0.39, 0.29) is 0 Å². The van der Waals surface area contributed by atoms with Crippen molar-refractivity contribution in [2.24, 2.45) is 11.8 Å². The fourth-order valence-electron chi connectivity index (χ4n) is 2.99. The van der Waals surface area contributed by atoms with Crippen LogP contribution in [0, 0.1) is 11.8 Å². The molecule has 2 aliphatic rings. The van der Waals surface area contributed by atoms with Gasteiger partial charge in [-0.05, 0) is 67.7 Å². The molecule has 3 unspecified atom stereocenters. The van der Waals surface area contributed by atoms with Gasteiger partial charge < -0.3 is 5.32 Å². The zero-order valence-corrected chi connectivity index (χ0v) is 11.0. The van der Waals surface area contributed by atoms with Crippen molar-refractivity contribution < 1.29 is 0 Å². The van der Waals surface area contributed by atoms with Crippen LogP contribution < -0.4 is 5.32 Å². The topological polar surface area (TPSA) is 12.0 Å². The van der Waals surface area contributed by atoms with E-state index in [1.165, 1.54) is 37.8 Å². The fourth-order valence-corrected chi connectivity index (χ4v) is 2.99. The van der Waals surface area contributed by atoms with Crippen LogP contribution in [0.5, 0.6) is 0 Å². The maximum Gasteiger partial charge on any atom is 0.0292 e. The number of hydrogen-bond acceptors (Lipinski definition) is 1. The minimum absolute atomic E-state index is 0.508. The van der Waals surface area contributed by atoms with Crippen molar-refractivity contribution in [1.29, 1.82) is 0 Å². The van der Waals surface area contributed by atoms with Crippen molar-refractivity contribution in [3.8, 4) is 0 Å². The Morgan fingerprint density at radius 1 is 1.29 bits per heavy atom. The second-order valence-electron chi connectivity index (χ2n) is 5.98. The van der Waals surface area contributed by atoms with E-state index in [4.69, 9.17) is 0 Å². The second kappa shape index (κ2) is 4.45. The molecule has 1 aromatic carbocycles. The second-order valence-corrected chi connectivity index (χ2v) is 5.98. The van der Waals surface area contributed by atoms with Crippen LogP contribution in [0.1, 0.15) is 49.4 Å². The molecular formula is C16H23N. The molecular weight excluding hydrogens is 206 g/mol. The van der Waals surface area contributed by atoms with Crippen LogP contribution in [0.2, 0.25) is 0 Å². The third-order valence-electron chi connectivity index (χ3n) is 4.58. The van der Waals surface area contributed by atoms with Crippen LogP contribution in [0.3, 0.4) is 0 Å². The predicted octanol–water partition coefficient (Wildman–Crippen LogP) is 3.48. The van der Waals surface area contributed by atoms with E-state index >= 15 is 0 Å². The molecule has 1 nitrogen and oxygen atoms in total. The normalized spacial score (nSPS) is 27.9. The summed E-state index contributed by atoms with van der Waals surface area (Å²) in [7, 11) is 0. The van der Waals surface area contributed by atoms with Crippen molar-refractivity contribution in [2.75, 3.05) is 6.54 Å². The van der Waals surface area contributed by atoms with Gasteiger partial charge in [-0.2, -0.15) is 0 Å². The summed E-state index contributed by atoms with van der Waals surface area (Å²) >= 11 is 0. The SMILES string of the molecule is CC(NCC1CC1C)c1ccc2c(c1)CCC2. The number of aryl methyl sites for hydroxylation is 2. The molecule has 92 valence electrons. The Bertz CT molecular complexity index is 410. The minimum Gasteiger partial charge on any atom is -0.310 e. The maximum atomic E-state index is 3.68. The largest absolute Gasteiger partial charge is 0.310 e. The Morgan fingerprint density at radius 2 is 2.06 bits per heavy atom. The fraction of sp³-hybridized carbons (Fsp3) is 0.625. The highest BCUT2D eigenvalue weighted by atomic mass is 14.9. The van der Waals surface area contributed by atoms with Crippen molar-refractivity contribution in [2.45, 2.75) is 45.6 Å². The summed E-state index contributed by atoms with van der Waals surface area (Å²) in [6.07, 6.45) is 5.34. The predicted molar refractivity (Wildman–Crippen MR) is 72.2 cm³/mol. The van der Waals surface area contributed by atoms with Gasteiger partial charge in [0.1, 0.15) is 0 Å². The molecule has 0 aliphatic heterocycles. The minimum atomic E-state index is 0.508. The molecule has 3 rings (SSSR count). The van der Waals surface area contributed by atoms with Gasteiger partial charge in [0.2, 0.25) is 0 Å². The van der Waals surface area contributed by atoms with Crippen LogP contribution in [0.4, 0.5) is 0 Å². The first-order valence-electron chi connectivity index (χ1n) is 7.09. The molecule has 0 aromatic heterocycles. The van der Waals surface area contributed by atoms with E-state index < -0.39 is 0 Å². The molecule has 0 heterocycles. The molecule has 0 radical (unpaired) electrons. The molecule has 1 heteroatoms. The molecule has 0 bridgehead atoms. The first-order valence-corrected chi connectivity index (χ1v) is 7.09. The monoisotopic (exact) mass is 229 g/mol. The van der Waals surface area contributed by atoms with Crippen molar-refractivity contribution in [3.05, 3.63) is 34.9 Å². The number of rotatable bonds is 4. The van der Waals surface area contributed by atoms with E-state index in [0.29, 0.717) is 6.04 Å². The standard InChI is InChI=1S/C16H23N/c1-11-8-16(11)10-17-12(2)14-7-6-13-4-3-5-15(13)9-14/h6-7,9,11-12,16-17H,3-5,8,10H2,1-2H3. The lowest BCUT2D eigenvalue weighted by Gasteiger charge is -2.15. The molecule has 0 amide bonds. The number of benzene rings is 1. The summed E-state index contributed by atoms with van der Waals surface area (Å²) in [5.74, 6) is 1.89. The van der Waals surface area contributed by atoms with Gasteiger partial charge in [-0.3, -0.25) is 0 Å². The molecule has 1 N–H and O–H groups in total. The Labute approximate surface area is 105 Å². The number of fused-ring (bicyclic) bond motifs is 1. The molecule has 1 aromatic rings. The molecule has 1 saturated carbocycles. The summed E-state index contributed by atoms with van der Waals surface area (Å²) in [6.45, 7) is 5.84. The Kier molecular flexibility index (Phi) is 2.96.